The normalized spacial score (nSPS) is 12.2. The third-order valence-electron chi connectivity index (χ3n) is 1.51. The molecule has 66 valence electrons. The number of hydrogen-bond acceptors (Lipinski definition) is 3. The zero-order valence-electron chi connectivity index (χ0n) is 7.57. The molecule has 1 heterocycles. The number of nitrogens with zero attached hydrogens (tertiary/aromatic N) is 1. The van der Waals surface area contributed by atoms with E-state index in [1.54, 1.807) is 6.26 Å². The van der Waals surface area contributed by atoms with Gasteiger partial charge in [0.15, 0.2) is 5.76 Å². The Morgan fingerprint density at radius 3 is 2.75 bits per heavy atom. The molecule has 3 nitrogen and oxygen atoms in total. The van der Waals surface area contributed by atoms with Crippen LogP contribution in [-0.2, 0) is 4.84 Å². The molecule has 0 aliphatic heterocycles. The number of furan rings is 1. The lowest BCUT2D eigenvalue weighted by atomic mass is 10.1. The molecular formula is C9H13NO2. The second-order valence-electron chi connectivity index (χ2n) is 2.79. The molecule has 0 fully saturated rings. The van der Waals surface area contributed by atoms with E-state index in [0.717, 1.165) is 11.5 Å². The summed E-state index contributed by atoms with van der Waals surface area (Å²) in [5.74, 6) is 1.07. The van der Waals surface area contributed by atoms with Crippen LogP contribution in [0.2, 0.25) is 0 Å². The van der Waals surface area contributed by atoms with Crippen molar-refractivity contribution >= 4 is 5.71 Å². The van der Waals surface area contributed by atoms with Crippen molar-refractivity contribution in [2.45, 2.75) is 13.8 Å². The highest BCUT2D eigenvalue weighted by Crippen LogP contribution is 2.10. The predicted octanol–water partition coefficient (Wildman–Crippen LogP) is 2.29. The van der Waals surface area contributed by atoms with Crippen molar-refractivity contribution in [3.8, 4) is 0 Å². The Morgan fingerprint density at radius 2 is 2.33 bits per heavy atom. The number of hydrogen-bond donors (Lipinski definition) is 0. The summed E-state index contributed by atoms with van der Waals surface area (Å²) in [6.07, 6.45) is 1.63. The fourth-order valence-corrected chi connectivity index (χ4v) is 0.958. The minimum Gasteiger partial charge on any atom is -0.463 e. The van der Waals surface area contributed by atoms with E-state index < -0.39 is 0 Å². The summed E-state index contributed by atoms with van der Waals surface area (Å²) in [6.45, 7) is 4.08. The molecular weight excluding hydrogens is 154 g/mol. The van der Waals surface area contributed by atoms with Crippen LogP contribution in [0.25, 0.3) is 0 Å². The van der Waals surface area contributed by atoms with Gasteiger partial charge in [0.05, 0.1) is 6.26 Å². The van der Waals surface area contributed by atoms with Gasteiger partial charge in [-0.15, -0.1) is 0 Å². The summed E-state index contributed by atoms with van der Waals surface area (Å²) < 4.78 is 5.20. The van der Waals surface area contributed by atoms with Crippen LogP contribution >= 0.6 is 0 Å². The maximum Gasteiger partial charge on any atom is 0.151 e. The van der Waals surface area contributed by atoms with Gasteiger partial charge in [0.2, 0.25) is 0 Å². The molecule has 0 radical (unpaired) electrons. The first kappa shape index (κ1) is 8.84. The van der Waals surface area contributed by atoms with E-state index in [1.165, 1.54) is 7.11 Å². The molecule has 0 spiro atoms. The molecule has 0 N–H and O–H groups in total. The Labute approximate surface area is 72.0 Å². The third-order valence-corrected chi connectivity index (χ3v) is 1.51. The summed E-state index contributed by atoms with van der Waals surface area (Å²) in [4.78, 5) is 4.72. The zero-order chi connectivity index (χ0) is 8.97. The van der Waals surface area contributed by atoms with Crippen LogP contribution in [0.15, 0.2) is 28.0 Å². The summed E-state index contributed by atoms with van der Waals surface area (Å²) in [5, 5.41) is 3.89. The van der Waals surface area contributed by atoms with Gasteiger partial charge in [0.1, 0.15) is 12.8 Å². The standard InChI is InChI=1S/C9H13NO2/c1-7(2)9(10-11-3)8-5-4-6-12-8/h4-7H,1-3H3/b10-9+. The lowest BCUT2D eigenvalue weighted by Gasteiger charge is -2.04. The van der Waals surface area contributed by atoms with Crippen molar-refractivity contribution < 1.29 is 9.25 Å². The average molecular weight is 167 g/mol. The lowest BCUT2D eigenvalue weighted by molar-refractivity contribution is 0.211. The number of oxime groups is 1. The smallest absolute Gasteiger partial charge is 0.151 e. The summed E-state index contributed by atoms with van der Waals surface area (Å²) >= 11 is 0. The van der Waals surface area contributed by atoms with Gasteiger partial charge in [-0.2, -0.15) is 0 Å². The van der Waals surface area contributed by atoms with Crippen LogP contribution in [0.5, 0.6) is 0 Å². The second-order valence-corrected chi connectivity index (χ2v) is 2.79. The van der Waals surface area contributed by atoms with Gasteiger partial charge in [-0.3, -0.25) is 0 Å². The third kappa shape index (κ3) is 1.87. The minimum atomic E-state index is 0.302. The Kier molecular flexibility index (Phi) is 2.91. The van der Waals surface area contributed by atoms with Crippen molar-refractivity contribution in [2.75, 3.05) is 7.11 Å². The van der Waals surface area contributed by atoms with Crippen molar-refractivity contribution in [3.05, 3.63) is 24.2 Å². The number of rotatable bonds is 3. The Balaban J connectivity index is 2.88. The van der Waals surface area contributed by atoms with Crippen LogP contribution in [-0.4, -0.2) is 12.8 Å². The van der Waals surface area contributed by atoms with Crippen LogP contribution in [0.4, 0.5) is 0 Å². The van der Waals surface area contributed by atoms with Gasteiger partial charge < -0.3 is 9.25 Å². The molecule has 0 unspecified atom stereocenters. The molecule has 12 heavy (non-hydrogen) atoms. The van der Waals surface area contributed by atoms with Crippen LogP contribution in [0.3, 0.4) is 0 Å². The minimum absolute atomic E-state index is 0.302. The van der Waals surface area contributed by atoms with Crippen molar-refractivity contribution in [1.29, 1.82) is 0 Å². The molecule has 0 saturated heterocycles. The SMILES string of the molecule is CO/N=C(/c1ccco1)C(C)C. The Hall–Kier alpha value is -1.25. The first-order valence-electron chi connectivity index (χ1n) is 3.90. The van der Waals surface area contributed by atoms with Crippen molar-refractivity contribution in [3.63, 3.8) is 0 Å². The quantitative estimate of drug-likeness (QED) is 0.511. The fraction of sp³-hybridized carbons (Fsp3) is 0.444. The van der Waals surface area contributed by atoms with E-state index in [4.69, 9.17) is 9.25 Å². The van der Waals surface area contributed by atoms with Crippen LogP contribution in [0.1, 0.15) is 19.6 Å². The maximum absolute atomic E-state index is 5.20. The topological polar surface area (TPSA) is 34.7 Å². The highest BCUT2D eigenvalue weighted by Gasteiger charge is 2.11. The van der Waals surface area contributed by atoms with Gasteiger partial charge in [0.25, 0.3) is 0 Å². The molecule has 0 bridgehead atoms. The van der Waals surface area contributed by atoms with Crippen molar-refractivity contribution in [1.82, 2.24) is 0 Å². The second kappa shape index (κ2) is 3.95. The fourth-order valence-electron chi connectivity index (χ4n) is 0.958. The largest absolute Gasteiger partial charge is 0.463 e. The first-order chi connectivity index (χ1) is 5.75. The molecule has 0 atom stereocenters. The van der Waals surface area contributed by atoms with Gasteiger partial charge in [-0.1, -0.05) is 19.0 Å². The Bertz CT molecular complexity index is 250. The van der Waals surface area contributed by atoms with E-state index in [9.17, 15) is 0 Å². The van der Waals surface area contributed by atoms with E-state index >= 15 is 0 Å². The van der Waals surface area contributed by atoms with Crippen LogP contribution < -0.4 is 0 Å². The molecule has 1 aromatic rings. The van der Waals surface area contributed by atoms with Gasteiger partial charge >= 0.3 is 0 Å². The summed E-state index contributed by atoms with van der Waals surface area (Å²) in [6, 6.07) is 3.71. The molecule has 0 amide bonds. The van der Waals surface area contributed by atoms with E-state index in [0.29, 0.717) is 5.92 Å². The van der Waals surface area contributed by atoms with Gasteiger partial charge in [0, 0.05) is 5.92 Å². The Morgan fingerprint density at radius 1 is 1.58 bits per heavy atom. The molecule has 0 aliphatic rings. The van der Waals surface area contributed by atoms with Crippen molar-refractivity contribution in [2.24, 2.45) is 11.1 Å². The molecule has 0 saturated carbocycles. The maximum atomic E-state index is 5.20. The van der Waals surface area contributed by atoms with E-state index in [1.807, 2.05) is 26.0 Å². The van der Waals surface area contributed by atoms with Crippen LogP contribution in [0, 0.1) is 5.92 Å². The highest BCUT2D eigenvalue weighted by molar-refractivity contribution is 5.99. The average Bonchev–Trinajstić information content (AvgIpc) is 2.51. The van der Waals surface area contributed by atoms with Gasteiger partial charge in [-0.25, -0.2) is 0 Å². The zero-order valence-corrected chi connectivity index (χ0v) is 7.57. The first-order valence-corrected chi connectivity index (χ1v) is 3.90. The highest BCUT2D eigenvalue weighted by atomic mass is 16.6. The van der Waals surface area contributed by atoms with E-state index in [2.05, 4.69) is 5.16 Å². The monoisotopic (exact) mass is 167 g/mol. The predicted molar refractivity (Wildman–Crippen MR) is 47.1 cm³/mol. The van der Waals surface area contributed by atoms with Gasteiger partial charge in [-0.05, 0) is 12.1 Å². The molecule has 1 aromatic heterocycles. The molecule has 3 heteroatoms. The molecule has 0 aromatic carbocycles. The van der Waals surface area contributed by atoms with E-state index in [-0.39, 0.29) is 0 Å². The summed E-state index contributed by atoms with van der Waals surface area (Å²) in [5.41, 5.74) is 0.836. The lowest BCUT2D eigenvalue weighted by Crippen LogP contribution is -2.08. The molecule has 1 rings (SSSR count). The summed E-state index contributed by atoms with van der Waals surface area (Å²) in [7, 11) is 1.53. The molecule has 0 aliphatic carbocycles.